The first-order valence-corrected chi connectivity index (χ1v) is 4.96. The van der Waals surface area contributed by atoms with Crippen molar-refractivity contribution in [3.63, 3.8) is 0 Å². The van der Waals surface area contributed by atoms with E-state index in [1.807, 2.05) is 6.92 Å². The zero-order valence-corrected chi connectivity index (χ0v) is 9.05. The van der Waals surface area contributed by atoms with Gasteiger partial charge in [0.25, 0.3) is 0 Å². The number of aryl methyl sites for hydroxylation is 1. The Morgan fingerprint density at radius 3 is 2.86 bits per heavy atom. The molecule has 0 radical (unpaired) electrons. The average molecular weight is 188 g/mol. The molecule has 1 nitrogen and oxygen atoms in total. The standard InChI is InChI=1S/C13H16O/c1-9(2)13(4)8-11-6-5-10(3)7-12(11)14-13/h5-7H,1,8H2,2-4H3/t13-/m0/s1. The Morgan fingerprint density at radius 1 is 1.50 bits per heavy atom. The van der Waals surface area contributed by atoms with Gasteiger partial charge in [0, 0.05) is 6.42 Å². The van der Waals surface area contributed by atoms with Gasteiger partial charge in [-0.1, -0.05) is 18.7 Å². The van der Waals surface area contributed by atoms with E-state index in [-0.39, 0.29) is 5.60 Å². The lowest BCUT2D eigenvalue weighted by Crippen LogP contribution is -2.30. The van der Waals surface area contributed by atoms with E-state index in [4.69, 9.17) is 4.74 Å². The monoisotopic (exact) mass is 188 g/mol. The van der Waals surface area contributed by atoms with Gasteiger partial charge in [-0.2, -0.15) is 0 Å². The van der Waals surface area contributed by atoms with Crippen LogP contribution in [0.4, 0.5) is 0 Å². The maximum absolute atomic E-state index is 5.94. The summed E-state index contributed by atoms with van der Waals surface area (Å²) in [4.78, 5) is 0. The lowest BCUT2D eigenvalue weighted by Gasteiger charge is -2.24. The molecule has 0 unspecified atom stereocenters. The average Bonchev–Trinajstić information content (AvgIpc) is 2.42. The van der Waals surface area contributed by atoms with Crippen LogP contribution >= 0.6 is 0 Å². The van der Waals surface area contributed by atoms with E-state index in [2.05, 4.69) is 38.6 Å². The first-order chi connectivity index (χ1) is 6.51. The smallest absolute Gasteiger partial charge is 0.131 e. The molecule has 2 rings (SSSR count). The molecule has 0 bridgehead atoms. The van der Waals surface area contributed by atoms with Gasteiger partial charge >= 0.3 is 0 Å². The summed E-state index contributed by atoms with van der Waals surface area (Å²) in [6.45, 7) is 10.2. The Balaban J connectivity index is 2.39. The van der Waals surface area contributed by atoms with E-state index in [1.165, 1.54) is 11.1 Å². The molecule has 0 spiro atoms. The molecular formula is C13H16O. The van der Waals surface area contributed by atoms with E-state index in [9.17, 15) is 0 Å². The summed E-state index contributed by atoms with van der Waals surface area (Å²) in [6.07, 6.45) is 0.942. The van der Waals surface area contributed by atoms with Crippen molar-refractivity contribution in [1.82, 2.24) is 0 Å². The second-order valence-electron chi connectivity index (χ2n) is 4.40. The Hall–Kier alpha value is -1.24. The minimum absolute atomic E-state index is 0.198. The molecule has 1 aromatic rings. The van der Waals surface area contributed by atoms with Crippen LogP contribution in [0.15, 0.2) is 30.4 Å². The third-order valence-electron chi connectivity index (χ3n) is 2.99. The van der Waals surface area contributed by atoms with Crippen molar-refractivity contribution < 1.29 is 4.74 Å². The van der Waals surface area contributed by atoms with E-state index in [1.54, 1.807) is 0 Å². The number of fused-ring (bicyclic) bond motifs is 1. The first kappa shape index (κ1) is 9.32. The molecule has 0 saturated heterocycles. The number of hydrogen-bond donors (Lipinski definition) is 0. The van der Waals surface area contributed by atoms with Crippen molar-refractivity contribution in [3.05, 3.63) is 41.5 Å². The van der Waals surface area contributed by atoms with Crippen molar-refractivity contribution in [1.29, 1.82) is 0 Å². The largest absolute Gasteiger partial charge is 0.483 e. The quantitative estimate of drug-likeness (QED) is 0.615. The van der Waals surface area contributed by atoms with Gasteiger partial charge in [-0.25, -0.2) is 0 Å². The molecule has 0 saturated carbocycles. The summed E-state index contributed by atoms with van der Waals surface area (Å²) in [7, 11) is 0. The molecule has 1 heterocycles. The Labute approximate surface area is 85.4 Å². The molecular weight excluding hydrogens is 172 g/mol. The summed E-state index contributed by atoms with van der Waals surface area (Å²) in [5.41, 5.74) is 3.43. The third-order valence-corrected chi connectivity index (χ3v) is 2.99. The maximum atomic E-state index is 5.94. The van der Waals surface area contributed by atoms with Crippen LogP contribution in [0.25, 0.3) is 0 Å². The van der Waals surface area contributed by atoms with Crippen molar-refractivity contribution in [2.75, 3.05) is 0 Å². The van der Waals surface area contributed by atoms with Crippen LogP contribution in [-0.2, 0) is 6.42 Å². The van der Waals surface area contributed by atoms with E-state index < -0.39 is 0 Å². The molecule has 1 atom stereocenters. The fraction of sp³-hybridized carbons (Fsp3) is 0.385. The predicted octanol–water partition coefficient (Wildman–Crippen LogP) is 3.26. The van der Waals surface area contributed by atoms with Crippen LogP contribution in [0, 0.1) is 6.92 Å². The fourth-order valence-corrected chi connectivity index (χ4v) is 1.78. The maximum Gasteiger partial charge on any atom is 0.131 e. The van der Waals surface area contributed by atoms with Crippen LogP contribution in [0.3, 0.4) is 0 Å². The molecule has 1 heteroatoms. The number of ether oxygens (including phenoxy) is 1. The highest BCUT2D eigenvalue weighted by Gasteiger charge is 2.35. The molecule has 1 aliphatic rings. The summed E-state index contributed by atoms with van der Waals surface area (Å²) in [5.74, 6) is 1.02. The normalized spacial score (nSPS) is 24.2. The Morgan fingerprint density at radius 2 is 2.21 bits per heavy atom. The zero-order chi connectivity index (χ0) is 10.3. The van der Waals surface area contributed by atoms with Crippen molar-refractivity contribution in [2.24, 2.45) is 0 Å². The molecule has 1 aliphatic heterocycles. The highest BCUT2D eigenvalue weighted by atomic mass is 16.5. The second-order valence-corrected chi connectivity index (χ2v) is 4.40. The predicted molar refractivity (Wildman–Crippen MR) is 58.7 cm³/mol. The molecule has 0 aliphatic carbocycles. The third kappa shape index (κ3) is 1.33. The molecule has 74 valence electrons. The lowest BCUT2D eigenvalue weighted by atomic mass is 9.93. The number of rotatable bonds is 1. The number of hydrogen-bond acceptors (Lipinski definition) is 1. The second kappa shape index (κ2) is 2.88. The van der Waals surface area contributed by atoms with E-state index >= 15 is 0 Å². The molecule has 0 amide bonds. The fourth-order valence-electron chi connectivity index (χ4n) is 1.78. The van der Waals surface area contributed by atoms with E-state index in [0.717, 1.165) is 17.7 Å². The van der Waals surface area contributed by atoms with Gasteiger partial charge in [-0.3, -0.25) is 0 Å². The highest BCUT2D eigenvalue weighted by molar-refractivity contribution is 5.44. The first-order valence-electron chi connectivity index (χ1n) is 4.96. The summed E-state index contributed by atoms with van der Waals surface area (Å²) in [6, 6.07) is 6.38. The SMILES string of the molecule is C=C(C)[C@]1(C)Cc2ccc(C)cc2O1. The van der Waals surface area contributed by atoms with Gasteiger partial charge in [0.1, 0.15) is 11.4 Å². The molecule has 1 aromatic carbocycles. The molecule has 0 aromatic heterocycles. The van der Waals surface area contributed by atoms with Crippen LogP contribution in [0.5, 0.6) is 5.75 Å². The topological polar surface area (TPSA) is 9.23 Å². The Bertz CT molecular complexity index is 392. The van der Waals surface area contributed by atoms with E-state index in [0.29, 0.717) is 0 Å². The molecule has 0 N–H and O–H groups in total. The summed E-state index contributed by atoms with van der Waals surface area (Å²) >= 11 is 0. The van der Waals surface area contributed by atoms with Crippen LogP contribution in [-0.4, -0.2) is 5.60 Å². The zero-order valence-electron chi connectivity index (χ0n) is 9.05. The molecule has 0 fully saturated rings. The van der Waals surface area contributed by atoms with Gasteiger partial charge < -0.3 is 4.74 Å². The number of benzene rings is 1. The summed E-state index contributed by atoms with van der Waals surface area (Å²) in [5, 5.41) is 0. The van der Waals surface area contributed by atoms with Crippen LogP contribution in [0.1, 0.15) is 25.0 Å². The van der Waals surface area contributed by atoms with Crippen molar-refractivity contribution in [2.45, 2.75) is 32.8 Å². The van der Waals surface area contributed by atoms with Gasteiger partial charge in [-0.15, -0.1) is 0 Å². The summed E-state index contributed by atoms with van der Waals surface area (Å²) < 4.78 is 5.94. The van der Waals surface area contributed by atoms with Gasteiger partial charge in [0.2, 0.25) is 0 Å². The van der Waals surface area contributed by atoms with Gasteiger partial charge in [0.05, 0.1) is 0 Å². The van der Waals surface area contributed by atoms with Crippen molar-refractivity contribution >= 4 is 0 Å². The lowest BCUT2D eigenvalue weighted by molar-refractivity contribution is 0.157. The minimum Gasteiger partial charge on any atom is -0.483 e. The minimum atomic E-state index is -0.198. The Kier molecular flexibility index (Phi) is 1.91. The highest BCUT2D eigenvalue weighted by Crippen LogP contribution is 2.38. The van der Waals surface area contributed by atoms with Gasteiger partial charge in [-0.05, 0) is 43.5 Å². The van der Waals surface area contributed by atoms with Gasteiger partial charge in [0.15, 0.2) is 0 Å². The van der Waals surface area contributed by atoms with Crippen molar-refractivity contribution in [3.8, 4) is 5.75 Å². The van der Waals surface area contributed by atoms with Crippen LogP contribution < -0.4 is 4.74 Å². The van der Waals surface area contributed by atoms with Crippen LogP contribution in [0.2, 0.25) is 0 Å². The molecule has 14 heavy (non-hydrogen) atoms.